The van der Waals surface area contributed by atoms with Gasteiger partial charge in [-0.2, -0.15) is 0 Å². The highest BCUT2D eigenvalue weighted by atomic mass is 15.2. The number of rotatable bonds is 9. The van der Waals surface area contributed by atoms with Gasteiger partial charge in [0.1, 0.15) is 11.3 Å². The largest absolute Gasteiger partial charge is 0.382 e. The normalized spacial score (nSPS) is 12.2. The molecule has 2 heterocycles. The Labute approximate surface area is 151 Å². The van der Waals surface area contributed by atoms with Crippen molar-refractivity contribution in [2.24, 2.45) is 0 Å². The Hall–Kier alpha value is -1.82. The SMILES string of the molecule is CCCCNc1cc2c(ncn2CCCCN(C)C(C)(C)C)c(N)n1. The summed E-state index contributed by atoms with van der Waals surface area (Å²) in [5.74, 6) is 1.34. The predicted molar refractivity (Wildman–Crippen MR) is 107 cm³/mol. The number of nitrogens with zero attached hydrogens (tertiary/aromatic N) is 4. The molecular formula is C19H34N6. The smallest absolute Gasteiger partial charge is 0.154 e. The molecule has 6 nitrogen and oxygen atoms in total. The molecule has 0 radical (unpaired) electrons. The minimum atomic E-state index is 0.223. The summed E-state index contributed by atoms with van der Waals surface area (Å²) in [7, 11) is 2.19. The van der Waals surface area contributed by atoms with Gasteiger partial charge in [-0.3, -0.25) is 0 Å². The molecule has 0 aromatic carbocycles. The number of pyridine rings is 1. The summed E-state index contributed by atoms with van der Waals surface area (Å²) in [4.78, 5) is 11.3. The Morgan fingerprint density at radius 1 is 1.24 bits per heavy atom. The number of hydrogen-bond acceptors (Lipinski definition) is 5. The van der Waals surface area contributed by atoms with Gasteiger partial charge in [0.05, 0.1) is 11.8 Å². The van der Waals surface area contributed by atoms with E-state index in [-0.39, 0.29) is 5.54 Å². The number of aromatic nitrogens is 3. The lowest BCUT2D eigenvalue weighted by Gasteiger charge is -2.31. The number of nitrogens with two attached hydrogens (primary N) is 1. The summed E-state index contributed by atoms with van der Waals surface area (Å²) in [6, 6.07) is 2.07. The van der Waals surface area contributed by atoms with Crippen LogP contribution < -0.4 is 11.1 Å². The number of unbranched alkanes of at least 4 members (excludes halogenated alkanes) is 2. The lowest BCUT2D eigenvalue weighted by atomic mass is 10.1. The van der Waals surface area contributed by atoms with Crippen molar-refractivity contribution in [3.63, 3.8) is 0 Å². The molecule has 0 aliphatic heterocycles. The van der Waals surface area contributed by atoms with Crippen molar-refractivity contribution in [3.8, 4) is 0 Å². The monoisotopic (exact) mass is 346 g/mol. The average molecular weight is 347 g/mol. The van der Waals surface area contributed by atoms with Crippen LogP contribution in [0.15, 0.2) is 12.4 Å². The summed E-state index contributed by atoms with van der Waals surface area (Å²) in [6.07, 6.45) is 6.44. The van der Waals surface area contributed by atoms with E-state index in [0.717, 1.165) is 62.2 Å². The third-order valence-corrected chi connectivity index (χ3v) is 4.76. The number of nitrogens with one attached hydrogen (secondary N) is 1. The highest BCUT2D eigenvalue weighted by molar-refractivity contribution is 5.87. The molecular weight excluding hydrogens is 312 g/mol. The molecule has 0 atom stereocenters. The van der Waals surface area contributed by atoms with E-state index in [0.29, 0.717) is 5.82 Å². The van der Waals surface area contributed by atoms with Crippen LogP contribution >= 0.6 is 0 Å². The van der Waals surface area contributed by atoms with E-state index < -0.39 is 0 Å². The number of imidazole rings is 1. The second-order valence-electron chi connectivity index (χ2n) is 7.78. The van der Waals surface area contributed by atoms with Gasteiger partial charge in [-0.25, -0.2) is 9.97 Å². The van der Waals surface area contributed by atoms with Crippen molar-refractivity contribution in [1.82, 2.24) is 19.4 Å². The van der Waals surface area contributed by atoms with Crippen molar-refractivity contribution < 1.29 is 0 Å². The predicted octanol–water partition coefficient (Wildman–Crippen LogP) is 3.74. The van der Waals surface area contributed by atoms with E-state index >= 15 is 0 Å². The lowest BCUT2D eigenvalue weighted by molar-refractivity contribution is 0.172. The van der Waals surface area contributed by atoms with Gasteiger partial charge in [0.25, 0.3) is 0 Å². The summed E-state index contributed by atoms with van der Waals surface area (Å²) in [5, 5.41) is 3.36. The summed E-state index contributed by atoms with van der Waals surface area (Å²) in [5.41, 5.74) is 8.17. The van der Waals surface area contributed by atoms with E-state index in [1.54, 1.807) is 0 Å². The van der Waals surface area contributed by atoms with Crippen LogP contribution in [-0.4, -0.2) is 45.1 Å². The van der Waals surface area contributed by atoms with Crippen LogP contribution in [0.1, 0.15) is 53.4 Å². The Morgan fingerprint density at radius 2 is 2.00 bits per heavy atom. The number of hydrogen-bond donors (Lipinski definition) is 2. The van der Waals surface area contributed by atoms with E-state index in [9.17, 15) is 0 Å². The first-order chi connectivity index (χ1) is 11.8. The van der Waals surface area contributed by atoms with Crippen LogP contribution in [0.5, 0.6) is 0 Å². The molecule has 0 amide bonds. The van der Waals surface area contributed by atoms with E-state index in [1.807, 2.05) is 6.33 Å². The molecule has 0 fully saturated rings. The third kappa shape index (κ3) is 5.33. The van der Waals surface area contributed by atoms with E-state index in [2.05, 4.69) is 65.6 Å². The van der Waals surface area contributed by atoms with E-state index in [4.69, 9.17) is 5.73 Å². The van der Waals surface area contributed by atoms with Gasteiger partial charge in [-0.05, 0) is 53.6 Å². The molecule has 2 rings (SSSR count). The summed E-state index contributed by atoms with van der Waals surface area (Å²) in [6.45, 7) is 11.9. The zero-order valence-electron chi connectivity index (χ0n) is 16.5. The standard InChI is InChI=1S/C19H34N6/c1-6-7-10-21-16-13-15-17(18(20)23-16)22-14-25(15)12-9-8-11-24(5)19(2,3)4/h13-14H,6-12H2,1-5H3,(H3,20,21,23). The van der Waals surface area contributed by atoms with Gasteiger partial charge >= 0.3 is 0 Å². The van der Waals surface area contributed by atoms with Crippen molar-refractivity contribution in [2.45, 2.75) is 65.5 Å². The highest BCUT2D eigenvalue weighted by Crippen LogP contribution is 2.22. The molecule has 0 unspecified atom stereocenters. The minimum Gasteiger partial charge on any atom is -0.382 e. The third-order valence-electron chi connectivity index (χ3n) is 4.76. The maximum atomic E-state index is 6.08. The van der Waals surface area contributed by atoms with Gasteiger partial charge in [0, 0.05) is 24.7 Å². The van der Waals surface area contributed by atoms with Gasteiger partial charge < -0.3 is 20.5 Å². The fourth-order valence-corrected chi connectivity index (χ4v) is 2.71. The number of fused-ring (bicyclic) bond motifs is 1. The zero-order valence-corrected chi connectivity index (χ0v) is 16.5. The van der Waals surface area contributed by atoms with Crippen LogP contribution in [0.2, 0.25) is 0 Å². The minimum absolute atomic E-state index is 0.223. The Kier molecular flexibility index (Phi) is 6.64. The van der Waals surface area contributed by atoms with Gasteiger partial charge in [-0.15, -0.1) is 0 Å². The Balaban J connectivity index is 1.98. The summed E-state index contributed by atoms with van der Waals surface area (Å²) < 4.78 is 2.19. The first-order valence-corrected chi connectivity index (χ1v) is 9.39. The van der Waals surface area contributed by atoms with Crippen LogP contribution in [0.4, 0.5) is 11.6 Å². The average Bonchev–Trinajstić information content (AvgIpc) is 2.94. The van der Waals surface area contributed by atoms with Gasteiger partial charge in [0.2, 0.25) is 0 Å². The number of aryl methyl sites for hydroxylation is 1. The zero-order chi connectivity index (χ0) is 18.4. The molecule has 3 N–H and O–H groups in total. The van der Waals surface area contributed by atoms with Crippen LogP contribution in [0.25, 0.3) is 11.0 Å². The molecule has 25 heavy (non-hydrogen) atoms. The van der Waals surface area contributed by atoms with Crippen molar-refractivity contribution >= 4 is 22.7 Å². The fourth-order valence-electron chi connectivity index (χ4n) is 2.71. The molecule has 0 spiro atoms. The molecule has 2 aromatic heterocycles. The lowest BCUT2D eigenvalue weighted by Crippen LogP contribution is -2.38. The second-order valence-corrected chi connectivity index (χ2v) is 7.78. The highest BCUT2D eigenvalue weighted by Gasteiger charge is 2.16. The van der Waals surface area contributed by atoms with Gasteiger partial charge in [0.15, 0.2) is 5.82 Å². The molecule has 0 saturated carbocycles. The molecule has 0 aliphatic carbocycles. The maximum absolute atomic E-state index is 6.08. The van der Waals surface area contributed by atoms with Crippen molar-refractivity contribution in [2.75, 3.05) is 31.2 Å². The molecule has 140 valence electrons. The number of nitrogen functional groups attached to an aromatic ring is 1. The first kappa shape index (κ1) is 19.5. The summed E-state index contributed by atoms with van der Waals surface area (Å²) >= 11 is 0. The number of anilines is 2. The molecule has 0 aliphatic rings. The van der Waals surface area contributed by atoms with Crippen molar-refractivity contribution in [1.29, 1.82) is 0 Å². The van der Waals surface area contributed by atoms with Gasteiger partial charge in [-0.1, -0.05) is 13.3 Å². The molecule has 0 saturated heterocycles. The molecule has 2 aromatic rings. The first-order valence-electron chi connectivity index (χ1n) is 9.39. The Morgan fingerprint density at radius 3 is 2.68 bits per heavy atom. The molecule has 6 heteroatoms. The Bertz CT molecular complexity index is 670. The van der Waals surface area contributed by atoms with Crippen molar-refractivity contribution in [3.05, 3.63) is 12.4 Å². The van der Waals surface area contributed by atoms with E-state index in [1.165, 1.54) is 0 Å². The topological polar surface area (TPSA) is 72.0 Å². The second kappa shape index (κ2) is 8.52. The van der Waals surface area contributed by atoms with Crippen LogP contribution in [-0.2, 0) is 6.54 Å². The maximum Gasteiger partial charge on any atom is 0.154 e. The van der Waals surface area contributed by atoms with Crippen LogP contribution in [0, 0.1) is 0 Å². The quantitative estimate of drug-likeness (QED) is 0.677. The molecule has 0 bridgehead atoms. The fraction of sp³-hybridized carbons (Fsp3) is 0.684. The van der Waals surface area contributed by atoms with Crippen LogP contribution in [0.3, 0.4) is 0 Å².